The Bertz CT molecular complexity index is 317. The number of nitrogens with zero attached hydrogens (tertiary/aromatic N) is 1. The van der Waals surface area contributed by atoms with Gasteiger partial charge in [-0.2, -0.15) is 0 Å². The van der Waals surface area contributed by atoms with Gasteiger partial charge in [-0.1, -0.05) is 0 Å². The van der Waals surface area contributed by atoms with Gasteiger partial charge in [0.05, 0.1) is 6.61 Å². The van der Waals surface area contributed by atoms with Gasteiger partial charge in [0.1, 0.15) is 10.4 Å². The van der Waals surface area contributed by atoms with Gasteiger partial charge in [-0.05, 0) is 28.9 Å². The zero-order valence-corrected chi connectivity index (χ0v) is 9.28. The Labute approximate surface area is 90.4 Å². The lowest BCUT2D eigenvalue weighted by Crippen LogP contribution is -2.14. The summed E-state index contributed by atoms with van der Waals surface area (Å²) in [5.74, 6) is 0.209. The number of halogens is 1. The van der Waals surface area contributed by atoms with Crippen LogP contribution in [0.5, 0.6) is 5.75 Å². The number of carbonyl (C=O) groups is 1. The smallest absolute Gasteiger partial charge is 0.344 e. The monoisotopic (exact) mass is 259 g/mol. The number of carbonyl (C=O) groups excluding carboxylic acids is 1. The molecule has 0 spiro atoms. The number of ether oxygens (including phenoxy) is 2. The predicted octanol–water partition coefficient (Wildman–Crippen LogP) is 1.79. The van der Waals surface area contributed by atoms with E-state index in [1.807, 2.05) is 0 Å². The summed E-state index contributed by atoms with van der Waals surface area (Å²) in [7, 11) is 0. The molecule has 0 aliphatic rings. The number of pyridine rings is 1. The van der Waals surface area contributed by atoms with Gasteiger partial charge in [0.2, 0.25) is 0 Å². The average molecular weight is 260 g/mol. The zero-order chi connectivity index (χ0) is 10.4. The number of aromatic nitrogens is 1. The third-order valence-corrected chi connectivity index (χ3v) is 1.79. The molecule has 1 aromatic heterocycles. The molecule has 0 saturated heterocycles. The van der Waals surface area contributed by atoms with E-state index in [0.717, 1.165) is 0 Å². The van der Waals surface area contributed by atoms with Crippen LogP contribution in [0.2, 0.25) is 0 Å². The van der Waals surface area contributed by atoms with Crippen LogP contribution >= 0.6 is 15.9 Å². The molecule has 0 aliphatic heterocycles. The molecule has 0 aliphatic carbocycles. The zero-order valence-electron chi connectivity index (χ0n) is 7.70. The summed E-state index contributed by atoms with van der Waals surface area (Å²) in [5.41, 5.74) is 0. The fourth-order valence-corrected chi connectivity index (χ4v) is 1.16. The standard InChI is InChI=1S/C9H10BrNO3/c1-2-13-9(12)6-14-7-3-4-11-8(10)5-7/h3-5H,2,6H2,1H3. The third kappa shape index (κ3) is 3.74. The molecule has 1 aromatic rings. The lowest BCUT2D eigenvalue weighted by Gasteiger charge is -2.05. The summed E-state index contributed by atoms with van der Waals surface area (Å²) in [6.45, 7) is 2.04. The van der Waals surface area contributed by atoms with Crippen LogP contribution in [0.3, 0.4) is 0 Å². The Hall–Kier alpha value is -1.10. The van der Waals surface area contributed by atoms with Gasteiger partial charge >= 0.3 is 5.97 Å². The molecule has 76 valence electrons. The summed E-state index contributed by atoms with van der Waals surface area (Å²) in [5, 5.41) is 0. The minimum absolute atomic E-state index is 0.0791. The summed E-state index contributed by atoms with van der Waals surface area (Å²) in [4.78, 5) is 14.9. The molecular weight excluding hydrogens is 250 g/mol. The molecule has 0 saturated carbocycles. The summed E-state index contributed by atoms with van der Waals surface area (Å²) in [6.07, 6.45) is 1.59. The largest absolute Gasteiger partial charge is 0.482 e. The molecule has 0 atom stereocenters. The van der Waals surface area contributed by atoms with Crippen LogP contribution in [0.25, 0.3) is 0 Å². The first-order valence-electron chi connectivity index (χ1n) is 4.12. The quantitative estimate of drug-likeness (QED) is 0.611. The normalized spacial score (nSPS) is 9.57. The molecular formula is C9H10BrNO3. The van der Waals surface area contributed by atoms with Crippen LogP contribution in [-0.2, 0) is 9.53 Å². The second kappa shape index (κ2) is 5.59. The first kappa shape index (κ1) is 11.0. The highest BCUT2D eigenvalue weighted by Crippen LogP contribution is 2.14. The maximum absolute atomic E-state index is 10.9. The molecule has 1 heterocycles. The van der Waals surface area contributed by atoms with Crippen molar-refractivity contribution in [2.45, 2.75) is 6.92 Å². The van der Waals surface area contributed by atoms with Crippen LogP contribution in [0, 0.1) is 0 Å². The van der Waals surface area contributed by atoms with Crippen molar-refractivity contribution in [2.24, 2.45) is 0 Å². The van der Waals surface area contributed by atoms with Crippen molar-refractivity contribution in [1.29, 1.82) is 0 Å². The predicted molar refractivity (Wildman–Crippen MR) is 54.1 cm³/mol. The Morgan fingerprint density at radius 1 is 1.64 bits per heavy atom. The lowest BCUT2D eigenvalue weighted by molar-refractivity contribution is -0.145. The average Bonchev–Trinajstić information content (AvgIpc) is 2.15. The van der Waals surface area contributed by atoms with Crippen LogP contribution in [0.15, 0.2) is 22.9 Å². The maximum Gasteiger partial charge on any atom is 0.344 e. The van der Waals surface area contributed by atoms with E-state index >= 15 is 0 Å². The fraction of sp³-hybridized carbons (Fsp3) is 0.333. The first-order valence-corrected chi connectivity index (χ1v) is 4.91. The molecule has 0 fully saturated rings. The minimum atomic E-state index is -0.375. The van der Waals surface area contributed by atoms with Crippen molar-refractivity contribution in [3.8, 4) is 5.75 Å². The highest BCUT2D eigenvalue weighted by atomic mass is 79.9. The second-order valence-electron chi connectivity index (χ2n) is 2.41. The second-order valence-corrected chi connectivity index (χ2v) is 3.22. The van der Waals surface area contributed by atoms with E-state index in [9.17, 15) is 4.79 Å². The topological polar surface area (TPSA) is 48.4 Å². The highest BCUT2D eigenvalue weighted by Gasteiger charge is 2.02. The van der Waals surface area contributed by atoms with Crippen molar-refractivity contribution in [3.63, 3.8) is 0 Å². The van der Waals surface area contributed by atoms with E-state index in [4.69, 9.17) is 9.47 Å². The maximum atomic E-state index is 10.9. The highest BCUT2D eigenvalue weighted by molar-refractivity contribution is 9.10. The Kier molecular flexibility index (Phi) is 4.39. The van der Waals surface area contributed by atoms with E-state index < -0.39 is 0 Å². The van der Waals surface area contributed by atoms with Crippen LogP contribution in [-0.4, -0.2) is 24.2 Å². The lowest BCUT2D eigenvalue weighted by atomic mass is 10.4. The molecule has 14 heavy (non-hydrogen) atoms. The van der Waals surface area contributed by atoms with Crippen molar-refractivity contribution < 1.29 is 14.3 Å². The van der Waals surface area contributed by atoms with E-state index in [2.05, 4.69) is 20.9 Å². The molecule has 5 heteroatoms. The molecule has 1 rings (SSSR count). The Morgan fingerprint density at radius 2 is 2.43 bits per heavy atom. The van der Waals surface area contributed by atoms with Gasteiger partial charge in [0.15, 0.2) is 6.61 Å². The Balaban J connectivity index is 2.41. The number of esters is 1. The summed E-state index contributed by atoms with van der Waals surface area (Å²) < 4.78 is 10.5. The van der Waals surface area contributed by atoms with Gasteiger partial charge in [-0.25, -0.2) is 9.78 Å². The first-order chi connectivity index (χ1) is 6.72. The van der Waals surface area contributed by atoms with Gasteiger partial charge in [0.25, 0.3) is 0 Å². The van der Waals surface area contributed by atoms with Crippen molar-refractivity contribution >= 4 is 21.9 Å². The molecule has 0 aromatic carbocycles. The molecule has 4 nitrogen and oxygen atoms in total. The van der Waals surface area contributed by atoms with E-state index in [1.54, 1.807) is 25.3 Å². The number of hydrogen-bond donors (Lipinski definition) is 0. The molecule has 0 N–H and O–H groups in total. The van der Waals surface area contributed by atoms with Crippen molar-refractivity contribution in [2.75, 3.05) is 13.2 Å². The number of rotatable bonds is 4. The van der Waals surface area contributed by atoms with Crippen LogP contribution < -0.4 is 4.74 Å². The summed E-state index contributed by atoms with van der Waals surface area (Å²) >= 11 is 3.19. The van der Waals surface area contributed by atoms with Crippen molar-refractivity contribution in [3.05, 3.63) is 22.9 Å². The minimum Gasteiger partial charge on any atom is -0.482 e. The van der Waals surface area contributed by atoms with Gasteiger partial charge in [-0.15, -0.1) is 0 Å². The third-order valence-electron chi connectivity index (χ3n) is 1.36. The summed E-state index contributed by atoms with van der Waals surface area (Å²) in [6, 6.07) is 3.35. The molecule has 0 bridgehead atoms. The van der Waals surface area contributed by atoms with Crippen LogP contribution in [0.1, 0.15) is 6.92 Å². The van der Waals surface area contributed by atoms with Gasteiger partial charge < -0.3 is 9.47 Å². The molecule has 0 amide bonds. The Morgan fingerprint density at radius 3 is 3.07 bits per heavy atom. The molecule has 0 unspecified atom stereocenters. The van der Waals surface area contributed by atoms with Crippen LogP contribution in [0.4, 0.5) is 0 Å². The van der Waals surface area contributed by atoms with E-state index in [1.165, 1.54) is 0 Å². The number of hydrogen-bond acceptors (Lipinski definition) is 4. The van der Waals surface area contributed by atoms with Gasteiger partial charge in [-0.3, -0.25) is 0 Å². The van der Waals surface area contributed by atoms with E-state index in [0.29, 0.717) is 17.0 Å². The fourth-order valence-electron chi connectivity index (χ4n) is 0.819. The van der Waals surface area contributed by atoms with Gasteiger partial charge in [0, 0.05) is 12.3 Å². The molecule has 0 radical (unpaired) electrons. The van der Waals surface area contributed by atoms with Crippen molar-refractivity contribution in [1.82, 2.24) is 4.98 Å². The van der Waals surface area contributed by atoms with E-state index in [-0.39, 0.29) is 12.6 Å². The SMILES string of the molecule is CCOC(=O)COc1ccnc(Br)c1.